The van der Waals surface area contributed by atoms with Crippen LogP contribution in [-0.4, -0.2) is 29.1 Å². The number of aromatic nitrogens is 1. The van der Waals surface area contributed by atoms with Crippen LogP contribution in [0.25, 0.3) is 0 Å². The van der Waals surface area contributed by atoms with Crippen LogP contribution in [0.3, 0.4) is 0 Å². The van der Waals surface area contributed by atoms with Crippen LogP contribution in [0.15, 0.2) is 29.1 Å². The van der Waals surface area contributed by atoms with Crippen molar-refractivity contribution in [1.82, 2.24) is 10.3 Å². The van der Waals surface area contributed by atoms with E-state index in [0.29, 0.717) is 34.8 Å². The largest absolute Gasteiger partial charge is 0.343 e. The molecule has 8 heteroatoms. The summed E-state index contributed by atoms with van der Waals surface area (Å²) in [6, 6.07) is 6.49. The van der Waals surface area contributed by atoms with Crippen LogP contribution >= 0.6 is 11.6 Å². The number of rotatable bonds is 4. The van der Waals surface area contributed by atoms with Crippen molar-refractivity contribution in [2.45, 2.75) is 33.6 Å². The fourth-order valence-corrected chi connectivity index (χ4v) is 3.65. The number of halogens is 1. The van der Waals surface area contributed by atoms with Crippen molar-refractivity contribution in [3.63, 3.8) is 0 Å². The van der Waals surface area contributed by atoms with Crippen molar-refractivity contribution in [3.8, 4) is 0 Å². The molecule has 29 heavy (non-hydrogen) atoms. The predicted octanol–water partition coefficient (Wildman–Crippen LogP) is 2.86. The average Bonchev–Trinajstić information content (AvgIpc) is 2.60. The lowest BCUT2D eigenvalue weighted by Crippen LogP contribution is -2.37. The number of nitrogens with one attached hydrogen (secondary N) is 3. The maximum absolute atomic E-state index is 12.4. The molecule has 2 amide bonds. The molecule has 152 valence electrons. The molecule has 1 aliphatic carbocycles. The maximum Gasteiger partial charge on any atom is 0.261 e. The lowest BCUT2D eigenvalue weighted by atomic mass is 9.75. The summed E-state index contributed by atoms with van der Waals surface area (Å²) in [6.07, 6.45) is 0.887. The van der Waals surface area contributed by atoms with Gasteiger partial charge in [0.25, 0.3) is 11.5 Å². The summed E-state index contributed by atoms with van der Waals surface area (Å²) in [5.41, 5.74) is 1.24. The second-order valence-electron chi connectivity index (χ2n) is 8.06. The number of Topliss-reactive ketones (excluding diaryl/α,β-unsaturated/α-hetero) is 1. The van der Waals surface area contributed by atoms with Gasteiger partial charge < -0.3 is 15.6 Å². The monoisotopic (exact) mass is 415 g/mol. The van der Waals surface area contributed by atoms with E-state index < -0.39 is 17.4 Å². The van der Waals surface area contributed by atoms with E-state index in [1.165, 1.54) is 6.07 Å². The van der Waals surface area contributed by atoms with Crippen LogP contribution in [0.1, 0.15) is 52.2 Å². The number of carbonyl (C=O) groups excluding carboxylic acids is 3. The summed E-state index contributed by atoms with van der Waals surface area (Å²) in [6.45, 7) is 5.43. The summed E-state index contributed by atoms with van der Waals surface area (Å²) in [5, 5.41) is 5.39. The van der Waals surface area contributed by atoms with E-state index in [1.54, 1.807) is 18.2 Å². The zero-order valence-electron chi connectivity index (χ0n) is 16.4. The number of fused-ring (bicyclic) bond motifs is 1. The predicted molar refractivity (Wildman–Crippen MR) is 111 cm³/mol. The first-order valence-electron chi connectivity index (χ1n) is 9.19. The Hall–Kier alpha value is -2.93. The molecule has 0 bridgehead atoms. The van der Waals surface area contributed by atoms with Crippen molar-refractivity contribution in [2.75, 3.05) is 11.9 Å². The first-order chi connectivity index (χ1) is 13.6. The summed E-state index contributed by atoms with van der Waals surface area (Å²) in [4.78, 5) is 51.9. The van der Waals surface area contributed by atoms with Crippen molar-refractivity contribution in [2.24, 2.45) is 5.41 Å². The van der Waals surface area contributed by atoms with Crippen molar-refractivity contribution < 1.29 is 14.4 Å². The van der Waals surface area contributed by atoms with Gasteiger partial charge in [-0.2, -0.15) is 0 Å². The first kappa shape index (κ1) is 20.8. The van der Waals surface area contributed by atoms with Crippen LogP contribution in [0, 0.1) is 12.3 Å². The Morgan fingerprint density at radius 2 is 1.90 bits per heavy atom. The van der Waals surface area contributed by atoms with E-state index in [2.05, 4.69) is 15.6 Å². The molecule has 1 heterocycles. The SMILES string of the molecule is Cc1ccc(NC(=O)CNC(=O)c2cc3c([nH]c2=O)CC(C)(C)CC3=O)c(Cl)c1. The minimum Gasteiger partial charge on any atom is -0.343 e. The van der Waals surface area contributed by atoms with Crippen molar-refractivity contribution in [3.05, 3.63) is 62.0 Å². The molecular weight excluding hydrogens is 394 g/mol. The topological polar surface area (TPSA) is 108 Å². The molecule has 0 saturated carbocycles. The Morgan fingerprint density at radius 3 is 2.59 bits per heavy atom. The normalized spacial score (nSPS) is 14.8. The Bertz CT molecular complexity index is 1070. The molecule has 0 saturated heterocycles. The maximum atomic E-state index is 12.4. The van der Waals surface area contributed by atoms with Gasteiger partial charge in [0, 0.05) is 17.7 Å². The van der Waals surface area contributed by atoms with Crippen molar-refractivity contribution in [1.29, 1.82) is 0 Å². The number of anilines is 1. The van der Waals surface area contributed by atoms with Crippen LogP contribution < -0.4 is 16.2 Å². The number of amides is 2. The quantitative estimate of drug-likeness (QED) is 0.713. The van der Waals surface area contributed by atoms with E-state index in [-0.39, 0.29) is 23.3 Å². The van der Waals surface area contributed by atoms with Gasteiger partial charge in [-0.05, 0) is 42.5 Å². The zero-order valence-corrected chi connectivity index (χ0v) is 17.2. The molecule has 2 aromatic rings. The summed E-state index contributed by atoms with van der Waals surface area (Å²) < 4.78 is 0. The lowest BCUT2D eigenvalue weighted by molar-refractivity contribution is -0.115. The third kappa shape index (κ3) is 4.74. The van der Waals surface area contributed by atoms with E-state index in [1.807, 2.05) is 20.8 Å². The number of pyridine rings is 1. The van der Waals surface area contributed by atoms with Crippen molar-refractivity contribution >= 4 is 34.9 Å². The highest BCUT2D eigenvalue weighted by atomic mass is 35.5. The lowest BCUT2D eigenvalue weighted by Gasteiger charge is -2.29. The number of aromatic amines is 1. The van der Waals surface area contributed by atoms with Gasteiger partial charge in [-0.1, -0.05) is 31.5 Å². The second-order valence-corrected chi connectivity index (χ2v) is 8.47. The smallest absolute Gasteiger partial charge is 0.261 e. The Labute approximate surface area is 172 Å². The molecule has 0 unspecified atom stereocenters. The Balaban J connectivity index is 1.70. The highest BCUT2D eigenvalue weighted by molar-refractivity contribution is 6.33. The minimum atomic E-state index is -0.725. The number of benzene rings is 1. The molecule has 0 radical (unpaired) electrons. The Morgan fingerprint density at radius 1 is 1.17 bits per heavy atom. The summed E-state index contributed by atoms with van der Waals surface area (Å²) >= 11 is 6.07. The molecule has 1 aliphatic rings. The molecule has 3 N–H and O–H groups in total. The summed E-state index contributed by atoms with van der Waals surface area (Å²) in [7, 11) is 0. The molecule has 1 aromatic heterocycles. The molecular formula is C21H22ClN3O4. The summed E-state index contributed by atoms with van der Waals surface area (Å²) in [5.74, 6) is -1.33. The van der Waals surface area contributed by atoms with Gasteiger partial charge in [-0.15, -0.1) is 0 Å². The second kappa shape index (κ2) is 7.83. The van der Waals surface area contributed by atoms with Gasteiger partial charge in [0.15, 0.2) is 5.78 Å². The molecule has 1 aromatic carbocycles. The zero-order chi connectivity index (χ0) is 21.3. The fourth-order valence-electron chi connectivity index (χ4n) is 3.37. The number of H-pyrrole nitrogens is 1. The Kier molecular flexibility index (Phi) is 5.61. The van der Waals surface area contributed by atoms with Gasteiger partial charge in [0.2, 0.25) is 5.91 Å². The van der Waals surface area contributed by atoms with E-state index in [0.717, 1.165) is 5.56 Å². The van der Waals surface area contributed by atoms with Gasteiger partial charge in [0.1, 0.15) is 5.56 Å². The molecule has 0 fully saturated rings. The third-order valence-electron chi connectivity index (χ3n) is 4.77. The van der Waals surface area contributed by atoms with Crippen LogP contribution in [-0.2, 0) is 11.2 Å². The standard InChI is InChI=1S/C21H22ClN3O4/c1-11-4-5-15(14(22)6-11)24-18(27)10-23-19(28)13-7-12-16(25-20(13)29)8-21(2,3)9-17(12)26/h4-7H,8-10H2,1-3H3,(H,23,28)(H,24,27)(H,25,29). The molecule has 3 rings (SSSR count). The molecule has 0 spiro atoms. The van der Waals surface area contributed by atoms with Crippen LogP contribution in [0.2, 0.25) is 5.02 Å². The van der Waals surface area contributed by atoms with E-state index in [9.17, 15) is 19.2 Å². The molecule has 7 nitrogen and oxygen atoms in total. The third-order valence-corrected chi connectivity index (χ3v) is 5.08. The highest BCUT2D eigenvalue weighted by Crippen LogP contribution is 2.33. The number of aryl methyl sites for hydroxylation is 1. The van der Waals surface area contributed by atoms with Crippen LogP contribution in [0.5, 0.6) is 0 Å². The minimum absolute atomic E-state index is 0.117. The average molecular weight is 416 g/mol. The first-order valence-corrected chi connectivity index (χ1v) is 9.57. The van der Waals surface area contributed by atoms with Gasteiger partial charge in [-0.25, -0.2) is 0 Å². The van der Waals surface area contributed by atoms with Gasteiger partial charge in [-0.3, -0.25) is 19.2 Å². The molecule has 0 aliphatic heterocycles. The highest BCUT2D eigenvalue weighted by Gasteiger charge is 2.32. The number of carbonyl (C=O) groups is 3. The number of hydrogen-bond donors (Lipinski definition) is 3. The van der Waals surface area contributed by atoms with E-state index >= 15 is 0 Å². The van der Waals surface area contributed by atoms with Crippen LogP contribution in [0.4, 0.5) is 5.69 Å². The van der Waals surface area contributed by atoms with E-state index in [4.69, 9.17) is 11.6 Å². The fraction of sp³-hybridized carbons (Fsp3) is 0.333. The van der Waals surface area contributed by atoms with Gasteiger partial charge >= 0.3 is 0 Å². The number of hydrogen-bond acceptors (Lipinski definition) is 4. The molecule has 0 atom stereocenters. The van der Waals surface area contributed by atoms with Gasteiger partial charge in [0.05, 0.1) is 17.3 Å². The number of ketones is 1.